The van der Waals surface area contributed by atoms with Crippen molar-refractivity contribution in [3.63, 3.8) is 0 Å². The smallest absolute Gasteiger partial charge is 0.408 e. The molecule has 3 N–H and O–H groups in total. The van der Waals surface area contributed by atoms with Crippen LogP contribution in [0.25, 0.3) is 0 Å². The molecule has 0 aliphatic carbocycles. The first-order valence-electron chi connectivity index (χ1n) is 20.6. The molecule has 341 valence electrons. The number of hydrogen-bond donors (Lipinski definition) is 3. The van der Waals surface area contributed by atoms with Crippen LogP contribution in [0.15, 0.2) is 54.6 Å². The number of nitrogens with one attached hydrogen (secondary N) is 3. The number of methoxy groups -OCH3 is 2. The minimum Gasteiger partial charge on any atom is -0.469 e. The van der Waals surface area contributed by atoms with Crippen LogP contribution in [0.5, 0.6) is 0 Å². The Morgan fingerprint density at radius 3 is 2.13 bits per heavy atom. The number of Topliss-reactive ketones (excluding diaryl/α,β-unsaturated/α-hetero) is 1. The van der Waals surface area contributed by atoms with Gasteiger partial charge in [-0.2, -0.15) is 0 Å². The summed E-state index contributed by atoms with van der Waals surface area (Å²) >= 11 is 0. The normalized spacial score (nSPS) is 15.6. The maximum absolute atomic E-state index is 13.6. The molecular weight excluding hydrogens is 863 g/mol. The highest BCUT2D eigenvalue weighted by Crippen LogP contribution is 2.31. The molecule has 2 aromatic rings. The summed E-state index contributed by atoms with van der Waals surface area (Å²) in [6.07, 6.45) is 0.893. The zero-order chi connectivity index (χ0) is 44.5. The molecule has 0 bridgehead atoms. The molecule has 2 aliphatic rings. The second-order valence-corrected chi connectivity index (χ2v) is 19.2. The van der Waals surface area contributed by atoms with Crippen molar-refractivity contribution < 1.29 is 66.7 Å². The Bertz CT molecular complexity index is 1720. The van der Waals surface area contributed by atoms with Crippen molar-refractivity contribution >= 4 is 66.0 Å². The number of rotatable bonds is 27. The summed E-state index contributed by atoms with van der Waals surface area (Å²) in [5.41, 5.74) is 1.97. The Hall–Kier alpha value is -4.18. The number of ether oxygens (including phenoxy) is 8. The molecule has 4 rings (SSSR count). The van der Waals surface area contributed by atoms with Crippen molar-refractivity contribution in [2.45, 2.75) is 102 Å². The standard InChI is InChI=1S/C42H58N3O14S2Si/c1-29(46)34(43-40(49)58-28-31-12-7-13-32(26-31)33(39-56-21-22-57-39)14-8-16-36(47)52-2)18-23-60-61-24-25-62(45-41(50)59-27-30-10-5-4-6-11-30)42(51)44-35(38(48)53-3)15-9-17-37-54-19-20-55-37/h4-7,10-13,26,33-35,37,39H,8-9,14-25,27-28H2,1-3H3,(H,43,49)(H,44,51)(H,45,50)/t33?,34-,35-/m0/s1. The summed E-state index contributed by atoms with van der Waals surface area (Å²) in [6.45, 7) is 3.36. The zero-order valence-corrected chi connectivity index (χ0v) is 38.1. The van der Waals surface area contributed by atoms with Gasteiger partial charge in [0, 0.05) is 23.8 Å². The van der Waals surface area contributed by atoms with Gasteiger partial charge in [-0.1, -0.05) is 76.2 Å². The largest absolute Gasteiger partial charge is 0.469 e. The SMILES string of the molecule is COC(=O)CCCC(c1cccc(COC(=O)N[C@@H](CCSSCC[Si](NC(=O)OCc2ccccc2)C(=O)N[C@@H](CCCC2OCCO2)C(=O)OC)C(C)=O)c1)C1OCCO1. The first kappa shape index (κ1) is 50.5. The van der Waals surface area contributed by atoms with E-state index in [-0.39, 0.29) is 43.6 Å². The lowest BCUT2D eigenvalue weighted by Gasteiger charge is -2.23. The highest BCUT2D eigenvalue weighted by molar-refractivity contribution is 8.76. The minimum absolute atomic E-state index is 0.0174. The lowest BCUT2D eigenvalue weighted by Crippen LogP contribution is -2.54. The third-order valence-corrected chi connectivity index (χ3v) is 14.5. The maximum atomic E-state index is 13.6. The molecule has 20 heteroatoms. The van der Waals surface area contributed by atoms with Crippen molar-refractivity contribution in [2.24, 2.45) is 0 Å². The Balaban J connectivity index is 1.24. The van der Waals surface area contributed by atoms with Crippen LogP contribution in [0, 0.1) is 0 Å². The third kappa shape index (κ3) is 18.7. The average molecular weight is 921 g/mol. The highest BCUT2D eigenvalue weighted by Gasteiger charge is 2.31. The fourth-order valence-corrected chi connectivity index (χ4v) is 11.1. The van der Waals surface area contributed by atoms with Crippen LogP contribution in [-0.4, -0.2) is 121 Å². The molecule has 0 saturated carbocycles. The summed E-state index contributed by atoms with van der Waals surface area (Å²) in [5, 5.41) is 5.44. The van der Waals surface area contributed by atoms with Gasteiger partial charge in [-0.05, 0) is 68.2 Å². The van der Waals surface area contributed by atoms with Crippen LogP contribution in [0.1, 0.15) is 74.5 Å². The Morgan fingerprint density at radius 1 is 0.742 bits per heavy atom. The van der Waals surface area contributed by atoms with Gasteiger partial charge in [0.2, 0.25) is 5.53 Å². The molecule has 1 radical (unpaired) electrons. The molecule has 3 atom stereocenters. The van der Waals surface area contributed by atoms with E-state index in [0.29, 0.717) is 82.5 Å². The van der Waals surface area contributed by atoms with E-state index in [1.165, 1.54) is 42.7 Å². The molecule has 3 amide bonds. The number of alkyl carbamates (subject to hydrolysis) is 1. The van der Waals surface area contributed by atoms with Gasteiger partial charge in [0.1, 0.15) is 19.3 Å². The van der Waals surface area contributed by atoms with Crippen molar-refractivity contribution in [1.82, 2.24) is 15.6 Å². The second-order valence-electron chi connectivity index (χ2n) is 14.3. The van der Waals surface area contributed by atoms with Crippen LogP contribution >= 0.6 is 21.6 Å². The highest BCUT2D eigenvalue weighted by atomic mass is 33.1. The number of ketones is 1. The van der Waals surface area contributed by atoms with Crippen LogP contribution < -0.4 is 15.6 Å². The van der Waals surface area contributed by atoms with E-state index >= 15 is 0 Å². The molecule has 17 nitrogen and oxygen atoms in total. The number of carbonyl (C=O) groups excluding carboxylic acids is 6. The first-order chi connectivity index (χ1) is 30.1. The monoisotopic (exact) mass is 920 g/mol. The molecule has 1 unspecified atom stereocenters. The third-order valence-electron chi connectivity index (χ3n) is 9.79. The average Bonchev–Trinajstić information content (AvgIpc) is 4.02. The van der Waals surface area contributed by atoms with Gasteiger partial charge in [-0.3, -0.25) is 14.4 Å². The number of amides is 3. The van der Waals surface area contributed by atoms with E-state index in [0.717, 1.165) is 16.7 Å². The molecule has 2 aromatic carbocycles. The number of benzene rings is 2. The summed E-state index contributed by atoms with van der Waals surface area (Å²) < 4.78 is 43.1. The van der Waals surface area contributed by atoms with Gasteiger partial charge in [0.15, 0.2) is 18.4 Å². The van der Waals surface area contributed by atoms with Crippen molar-refractivity contribution in [1.29, 1.82) is 0 Å². The van der Waals surface area contributed by atoms with Crippen LogP contribution in [0.2, 0.25) is 6.04 Å². The zero-order valence-electron chi connectivity index (χ0n) is 35.4. The quantitative estimate of drug-likeness (QED) is 0.0321. The van der Waals surface area contributed by atoms with Crippen LogP contribution in [-0.2, 0) is 65.5 Å². The van der Waals surface area contributed by atoms with E-state index in [1.54, 1.807) is 0 Å². The van der Waals surface area contributed by atoms with E-state index in [1.807, 2.05) is 54.6 Å². The summed E-state index contributed by atoms with van der Waals surface area (Å²) in [7, 11) is 3.20. The number of hydrogen-bond acceptors (Lipinski definition) is 16. The molecule has 0 aromatic heterocycles. The fourth-order valence-electron chi connectivity index (χ4n) is 6.50. The first-order valence-corrected chi connectivity index (χ1v) is 24.8. The Morgan fingerprint density at radius 2 is 1.42 bits per heavy atom. The second kappa shape index (κ2) is 28.5. The molecular formula is C42H58N3O14S2Si. The fraction of sp³-hybridized carbons (Fsp3) is 0.571. The topological polar surface area (TPSA) is 212 Å². The predicted molar refractivity (Wildman–Crippen MR) is 232 cm³/mol. The Labute approximate surface area is 372 Å². The van der Waals surface area contributed by atoms with Crippen molar-refractivity contribution in [2.75, 3.05) is 52.2 Å². The van der Waals surface area contributed by atoms with Gasteiger partial charge in [0.05, 0.1) is 46.7 Å². The molecule has 2 fully saturated rings. The lowest BCUT2D eigenvalue weighted by atomic mass is 9.91. The minimum atomic E-state index is -2.30. The summed E-state index contributed by atoms with van der Waals surface area (Å²) in [4.78, 5) is 78.8. The summed E-state index contributed by atoms with van der Waals surface area (Å²) in [6, 6.07) is 15.3. The van der Waals surface area contributed by atoms with Crippen LogP contribution in [0.4, 0.5) is 14.4 Å². The van der Waals surface area contributed by atoms with Crippen molar-refractivity contribution in [3.05, 3.63) is 71.3 Å². The number of esters is 2. The molecule has 62 heavy (non-hydrogen) atoms. The van der Waals surface area contributed by atoms with Crippen molar-refractivity contribution in [3.8, 4) is 0 Å². The summed E-state index contributed by atoms with van der Waals surface area (Å²) in [5.74, 6) is -0.315. The van der Waals surface area contributed by atoms with Gasteiger partial charge < -0.3 is 53.5 Å². The van der Waals surface area contributed by atoms with E-state index in [4.69, 9.17) is 37.9 Å². The van der Waals surface area contributed by atoms with Gasteiger partial charge in [-0.25, -0.2) is 14.4 Å². The molecule has 2 aliphatic heterocycles. The van der Waals surface area contributed by atoms with Crippen LogP contribution in [0.3, 0.4) is 0 Å². The molecule has 2 saturated heterocycles. The predicted octanol–water partition coefficient (Wildman–Crippen LogP) is 5.74. The Kier molecular flexibility index (Phi) is 23.2. The van der Waals surface area contributed by atoms with Gasteiger partial charge >= 0.3 is 24.1 Å². The van der Waals surface area contributed by atoms with E-state index < -0.39 is 51.0 Å². The van der Waals surface area contributed by atoms with Gasteiger partial charge in [0.25, 0.3) is 8.96 Å². The maximum Gasteiger partial charge on any atom is 0.408 e. The lowest BCUT2D eigenvalue weighted by molar-refractivity contribution is -0.143. The van der Waals surface area contributed by atoms with Gasteiger partial charge in [-0.15, -0.1) is 0 Å². The van der Waals surface area contributed by atoms with E-state index in [9.17, 15) is 28.8 Å². The van der Waals surface area contributed by atoms with E-state index in [2.05, 4.69) is 15.6 Å². The molecule has 0 spiro atoms. The molecule has 2 heterocycles. The number of carbonyl (C=O) groups is 6.